The number of aromatic nitrogens is 2. The Morgan fingerprint density at radius 3 is 2.58 bits per heavy atom. The number of halogens is 3. The molecular weight excluding hydrogens is 511 g/mol. The van der Waals surface area contributed by atoms with Gasteiger partial charge in [0.25, 0.3) is 0 Å². The number of benzene rings is 2. The van der Waals surface area contributed by atoms with Gasteiger partial charge in [-0.15, -0.1) is 0 Å². The molecular formula is C25H28F3N3O3S2. The summed E-state index contributed by atoms with van der Waals surface area (Å²) >= 11 is 1.12. The van der Waals surface area contributed by atoms with Gasteiger partial charge in [0.05, 0.1) is 28.6 Å². The van der Waals surface area contributed by atoms with Gasteiger partial charge >= 0.3 is 0 Å². The van der Waals surface area contributed by atoms with Crippen molar-refractivity contribution in [1.29, 1.82) is 0 Å². The number of ether oxygens (including phenoxy) is 1. The summed E-state index contributed by atoms with van der Waals surface area (Å²) < 4.78 is 77.6. The zero-order valence-electron chi connectivity index (χ0n) is 19.9. The Labute approximate surface area is 212 Å². The van der Waals surface area contributed by atoms with Gasteiger partial charge in [0, 0.05) is 43.1 Å². The molecule has 2 aromatic carbocycles. The predicted octanol–water partition coefficient (Wildman–Crippen LogP) is 5.35. The van der Waals surface area contributed by atoms with Gasteiger partial charge in [-0.2, -0.15) is 4.31 Å². The van der Waals surface area contributed by atoms with Crippen LogP contribution in [0.4, 0.5) is 13.2 Å². The van der Waals surface area contributed by atoms with E-state index in [9.17, 15) is 21.6 Å². The Morgan fingerprint density at radius 1 is 1.11 bits per heavy atom. The van der Waals surface area contributed by atoms with Gasteiger partial charge in [-0.05, 0) is 49.8 Å². The summed E-state index contributed by atoms with van der Waals surface area (Å²) in [5.74, 6) is -2.67. The zero-order chi connectivity index (χ0) is 25.4. The minimum atomic E-state index is -3.67. The highest BCUT2D eigenvalue weighted by atomic mass is 32.2. The second-order valence-corrected chi connectivity index (χ2v) is 12.4. The Morgan fingerprint density at radius 2 is 1.89 bits per heavy atom. The highest BCUT2D eigenvalue weighted by molar-refractivity contribution is 7.98. The lowest BCUT2D eigenvalue weighted by molar-refractivity contribution is 0.0960. The van der Waals surface area contributed by atoms with Crippen molar-refractivity contribution in [3.63, 3.8) is 0 Å². The standard InChI is InChI=1S/C25H28F3N3O3S2/c1-16-4-2-8-30(13-16)36(32,33)19-6-7-24-23(12-19)29-25(31(24)14-18-5-3-9-34-18)35-15-20-21(27)10-17(26)11-22(20)28/h6-7,10-12,16,18H,2-5,8-9,13-15H2,1H3/t16-,18+/m0/s1. The number of fused-ring (bicyclic) bond motifs is 1. The van der Waals surface area contributed by atoms with Crippen molar-refractivity contribution in [3.05, 3.63) is 53.3 Å². The molecule has 0 saturated carbocycles. The predicted molar refractivity (Wildman–Crippen MR) is 132 cm³/mol. The van der Waals surface area contributed by atoms with E-state index in [0.29, 0.717) is 55.0 Å². The van der Waals surface area contributed by atoms with Gasteiger partial charge in [-0.3, -0.25) is 0 Å². The number of imidazole rings is 1. The van der Waals surface area contributed by atoms with E-state index in [4.69, 9.17) is 4.74 Å². The largest absolute Gasteiger partial charge is 0.376 e. The molecule has 11 heteroatoms. The van der Waals surface area contributed by atoms with Crippen LogP contribution < -0.4 is 0 Å². The summed E-state index contributed by atoms with van der Waals surface area (Å²) in [6.45, 7) is 4.19. The number of rotatable bonds is 7. The van der Waals surface area contributed by atoms with Gasteiger partial charge in [-0.25, -0.2) is 26.6 Å². The molecule has 2 saturated heterocycles. The molecule has 6 nitrogen and oxygen atoms in total. The van der Waals surface area contributed by atoms with Gasteiger partial charge in [-0.1, -0.05) is 18.7 Å². The summed E-state index contributed by atoms with van der Waals surface area (Å²) in [5.41, 5.74) is 0.972. The number of thioether (sulfide) groups is 1. The monoisotopic (exact) mass is 539 g/mol. The van der Waals surface area contributed by atoms with E-state index in [1.165, 1.54) is 4.31 Å². The summed E-state index contributed by atoms with van der Waals surface area (Å²) in [6, 6.07) is 6.22. The first kappa shape index (κ1) is 25.6. The van der Waals surface area contributed by atoms with Crippen LogP contribution in [0.25, 0.3) is 11.0 Å². The average Bonchev–Trinajstić information content (AvgIpc) is 3.46. The molecule has 0 aliphatic carbocycles. The molecule has 0 radical (unpaired) electrons. The van der Waals surface area contributed by atoms with Crippen molar-refractivity contribution in [3.8, 4) is 0 Å². The van der Waals surface area contributed by atoms with E-state index >= 15 is 0 Å². The fourth-order valence-electron chi connectivity index (χ4n) is 4.89. The third-order valence-corrected chi connectivity index (χ3v) is 9.67. The maximum Gasteiger partial charge on any atom is 0.243 e. The van der Waals surface area contributed by atoms with Crippen LogP contribution >= 0.6 is 11.8 Å². The smallest absolute Gasteiger partial charge is 0.243 e. The van der Waals surface area contributed by atoms with Crippen LogP contribution in [-0.4, -0.2) is 48.1 Å². The summed E-state index contributed by atoms with van der Waals surface area (Å²) in [5, 5.41) is 0.491. The first-order chi connectivity index (χ1) is 17.2. The van der Waals surface area contributed by atoms with E-state index in [1.807, 2.05) is 11.5 Å². The second-order valence-electron chi connectivity index (χ2n) is 9.54. The van der Waals surface area contributed by atoms with E-state index in [1.54, 1.807) is 18.2 Å². The van der Waals surface area contributed by atoms with Crippen LogP contribution in [0.1, 0.15) is 38.2 Å². The molecule has 0 unspecified atom stereocenters. The molecule has 3 heterocycles. The number of hydrogen-bond acceptors (Lipinski definition) is 5. The van der Waals surface area contributed by atoms with E-state index in [-0.39, 0.29) is 22.3 Å². The molecule has 194 valence electrons. The van der Waals surface area contributed by atoms with Gasteiger partial charge < -0.3 is 9.30 Å². The quantitative estimate of drug-likeness (QED) is 0.379. The highest BCUT2D eigenvalue weighted by Gasteiger charge is 2.29. The van der Waals surface area contributed by atoms with Crippen LogP contribution in [0.15, 0.2) is 40.4 Å². The van der Waals surface area contributed by atoms with E-state index < -0.39 is 27.5 Å². The summed E-state index contributed by atoms with van der Waals surface area (Å²) in [7, 11) is -3.67. The number of hydrogen-bond donors (Lipinski definition) is 0. The Kier molecular flexibility index (Phi) is 7.35. The van der Waals surface area contributed by atoms with Crippen molar-refractivity contribution >= 4 is 32.8 Å². The lowest BCUT2D eigenvalue weighted by atomic mass is 10.0. The SMILES string of the molecule is C[C@H]1CCCN(S(=O)(=O)c2ccc3c(c2)nc(SCc2c(F)cc(F)cc2F)n3C[C@H]2CCCO2)C1. The molecule has 5 rings (SSSR count). The first-order valence-corrected chi connectivity index (χ1v) is 14.5. The maximum absolute atomic E-state index is 14.2. The topological polar surface area (TPSA) is 64.4 Å². The molecule has 36 heavy (non-hydrogen) atoms. The number of piperidine rings is 1. The fraction of sp³-hybridized carbons (Fsp3) is 0.480. The van der Waals surface area contributed by atoms with E-state index in [2.05, 4.69) is 4.98 Å². The number of nitrogens with zero attached hydrogens (tertiary/aromatic N) is 3. The Bertz CT molecular complexity index is 1350. The number of sulfonamides is 1. The normalized spacial score (nSPS) is 21.4. The third-order valence-electron chi connectivity index (χ3n) is 6.80. The Hall–Kier alpha value is -2.08. The van der Waals surface area contributed by atoms with Crippen molar-refractivity contribution in [2.75, 3.05) is 19.7 Å². The molecule has 1 aromatic heterocycles. The third kappa shape index (κ3) is 5.16. The molecule has 2 aliphatic heterocycles. The molecule has 2 atom stereocenters. The second kappa shape index (κ2) is 10.4. The van der Waals surface area contributed by atoms with Crippen LogP contribution in [-0.2, 0) is 27.1 Å². The van der Waals surface area contributed by atoms with Gasteiger partial charge in [0.15, 0.2) is 5.16 Å². The molecule has 2 fully saturated rings. The summed E-state index contributed by atoms with van der Waals surface area (Å²) in [6.07, 6.45) is 3.64. The van der Waals surface area contributed by atoms with E-state index in [0.717, 1.165) is 43.0 Å². The van der Waals surface area contributed by atoms with Crippen molar-refractivity contribution in [2.24, 2.45) is 5.92 Å². The zero-order valence-corrected chi connectivity index (χ0v) is 21.6. The van der Waals surface area contributed by atoms with Crippen molar-refractivity contribution < 1.29 is 26.3 Å². The molecule has 0 N–H and O–H groups in total. The minimum Gasteiger partial charge on any atom is -0.376 e. The maximum atomic E-state index is 14.2. The fourth-order valence-corrected chi connectivity index (χ4v) is 7.55. The Balaban J connectivity index is 1.49. The molecule has 3 aromatic rings. The van der Waals surface area contributed by atoms with Crippen LogP contribution in [0.2, 0.25) is 0 Å². The van der Waals surface area contributed by atoms with Gasteiger partial charge in [0.2, 0.25) is 10.0 Å². The van der Waals surface area contributed by atoms with Crippen LogP contribution in [0.3, 0.4) is 0 Å². The molecule has 2 aliphatic rings. The van der Waals surface area contributed by atoms with Crippen molar-refractivity contribution in [2.45, 2.75) is 61.1 Å². The van der Waals surface area contributed by atoms with Crippen LogP contribution in [0, 0.1) is 23.4 Å². The molecule has 0 bridgehead atoms. The molecule has 0 amide bonds. The summed E-state index contributed by atoms with van der Waals surface area (Å²) in [4.78, 5) is 4.83. The average molecular weight is 540 g/mol. The minimum absolute atomic E-state index is 0.0284. The first-order valence-electron chi connectivity index (χ1n) is 12.1. The van der Waals surface area contributed by atoms with Crippen molar-refractivity contribution in [1.82, 2.24) is 13.9 Å². The lowest BCUT2D eigenvalue weighted by Gasteiger charge is -2.30. The highest BCUT2D eigenvalue weighted by Crippen LogP contribution is 2.32. The molecule has 0 spiro atoms. The lowest BCUT2D eigenvalue weighted by Crippen LogP contribution is -2.39. The van der Waals surface area contributed by atoms with Gasteiger partial charge in [0.1, 0.15) is 17.5 Å². The van der Waals surface area contributed by atoms with Crippen LogP contribution in [0.5, 0.6) is 0 Å².